The molecule has 1 aromatic carbocycles. The fourth-order valence-electron chi connectivity index (χ4n) is 2.10. The lowest BCUT2D eigenvalue weighted by Gasteiger charge is -2.01. The number of rotatable bonds is 1. The Bertz CT molecular complexity index is 774. The molecule has 88 valence electrons. The van der Waals surface area contributed by atoms with Gasteiger partial charge in [0.15, 0.2) is 0 Å². The Morgan fingerprint density at radius 3 is 2.83 bits per heavy atom. The fourth-order valence-corrected chi connectivity index (χ4v) is 2.93. The number of benzene rings is 1. The van der Waals surface area contributed by atoms with Gasteiger partial charge in [0.2, 0.25) is 0 Å². The molecule has 0 N–H and O–H groups in total. The standard InChI is InChI=1S/C14H11N3S/c1-9-7-18-8-11(9)14-16-12-5-10(6-15)3-4-13(12)17(14)2/h3-5,7-8H,1-2H3. The topological polar surface area (TPSA) is 41.6 Å². The van der Waals surface area contributed by atoms with Gasteiger partial charge in [0.1, 0.15) is 5.82 Å². The van der Waals surface area contributed by atoms with E-state index in [0.29, 0.717) is 5.56 Å². The first kappa shape index (κ1) is 11.0. The van der Waals surface area contributed by atoms with Crippen LogP contribution in [0.15, 0.2) is 29.0 Å². The van der Waals surface area contributed by atoms with Crippen LogP contribution in [0, 0.1) is 18.3 Å². The molecule has 0 aliphatic rings. The molecule has 0 saturated carbocycles. The number of nitrogens with zero attached hydrogens (tertiary/aromatic N) is 3. The van der Waals surface area contributed by atoms with Crippen LogP contribution in [-0.4, -0.2) is 9.55 Å². The van der Waals surface area contributed by atoms with E-state index in [1.54, 1.807) is 11.3 Å². The minimum Gasteiger partial charge on any atom is -0.327 e. The molecule has 3 nitrogen and oxygen atoms in total. The Hall–Kier alpha value is -2.12. The van der Waals surface area contributed by atoms with E-state index in [9.17, 15) is 0 Å². The van der Waals surface area contributed by atoms with Crippen molar-refractivity contribution in [1.82, 2.24) is 9.55 Å². The first-order valence-electron chi connectivity index (χ1n) is 5.60. The van der Waals surface area contributed by atoms with Crippen molar-refractivity contribution in [2.75, 3.05) is 0 Å². The summed E-state index contributed by atoms with van der Waals surface area (Å²) in [6.45, 7) is 2.09. The Kier molecular flexibility index (Phi) is 2.42. The van der Waals surface area contributed by atoms with Gasteiger partial charge in [0, 0.05) is 18.0 Å². The molecular weight excluding hydrogens is 242 g/mol. The fraction of sp³-hybridized carbons (Fsp3) is 0.143. The summed E-state index contributed by atoms with van der Waals surface area (Å²) >= 11 is 1.68. The maximum absolute atomic E-state index is 8.92. The molecule has 0 unspecified atom stereocenters. The van der Waals surface area contributed by atoms with Gasteiger partial charge in [-0.2, -0.15) is 16.6 Å². The SMILES string of the molecule is Cc1cscc1-c1nc2cc(C#N)ccc2n1C. The predicted octanol–water partition coefficient (Wildman–Crippen LogP) is 3.48. The Balaban J connectivity index is 2.30. The number of nitriles is 1. The number of imidazole rings is 1. The number of thiophene rings is 1. The Labute approximate surface area is 109 Å². The molecule has 4 heteroatoms. The highest BCUT2D eigenvalue weighted by Crippen LogP contribution is 2.28. The summed E-state index contributed by atoms with van der Waals surface area (Å²) in [5.74, 6) is 0.957. The van der Waals surface area contributed by atoms with Gasteiger partial charge in [-0.05, 0) is 36.1 Å². The van der Waals surface area contributed by atoms with Crippen molar-refractivity contribution in [2.45, 2.75) is 6.92 Å². The maximum atomic E-state index is 8.92. The zero-order valence-corrected chi connectivity index (χ0v) is 11.0. The van der Waals surface area contributed by atoms with Gasteiger partial charge in [-0.15, -0.1) is 0 Å². The van der Waals surface area contributed by atoms with Crippen LogP contribution < -0.4 is 0 Å². The Morgan fingerprint density at radius 2 is 2.17 bits per heavy atom. The van der Waals surface area contributed by atoms with E-state index in [2.05, 4.69) is 33.3 Å². The summed E-state index contributed by atoms with van der Waals surface area (Å²) in [6.07, 6.45) is 0. The van der Waals surface area contributed by atoms with E-state index in [-0.39, 0.29) is 0 Å². The lowest BCUT2D eigenvalue weighted by Crippen LogP contribution is -1.92. The van der Waals surface area contributed by atoms with Crippen molar-refractivity contribution in [3.63, 3.8) is 0 Å². The third-order valence-corrected chi connectivity index (χ3v) is 3.97. The number of aromatic nitrogens is 2. The summed E-state index contributed by atoms with van der Waals surface area (Å²) in [7, 11) is 2.01. The van der Waals surface area contributed by atoms with Gasteiger partial charge >= 0.3 is 0 Å². The maximum Gasteiger partial charge on any atom is 0.141 e. The van der Waals surface area contributed by atoms with Crippen LogP contribution in [0.4, 0.5) is 0 Å². The molecule has 3 rings (SSSR count). The largest absolute Gasteiger partial charge is 0.327 e. The minimum atomic E-state index is 0.647. The lowest BCUT2D eigenvalue weighted by molar-refractivity contribution is 0.959. The van der Waals surface area contributed by atoms with Crippen molar-refractivity contribution >= 4 is 22.4 Å². The molecule has 0 radical (unpaired) electrons. The van der Waals surface area contributed by atoms with E-state index < -0.39 is 0 Å². The van der Waals surface area contributed by atoms with Gasteiger partial charge in [-0.1, -0.05) is 0 Å². The summed E-state index contributed by atoms with van der Waals surface area (Å²) in [5.41, 5.74) is 4.97. The summed E-state index contributed by atoms with van der Waals surface area (Å²) in [4.78, 5) is 4.64. The molecule has 0 atom stereocenters. The van der Waals surface area contributed by atoms with Crippen LogP contribution in [0.3, 0.4) is 0 Å². The third kappa shape index (κ3) is 1.52. The zero-order chi connectivity index (χ0) is 12.7. The summed E-state index contributed by atoms with van der Waals surface area (Å²) in [5, 5.41) is 13.2. The molecule has 0 saturated heterocycles. The highest BCUT2D eigenvalue weighted by atomic mass is 32.1. The van der Waals surface area contributed by atoms with E-state index in [0.717, 1.165) is 22.4 Å². The Morgan fingerprint density at radius 1 is 1.33 bits per heavy atom. The van der Waals surface area contributed by atoms with Crippen molar-refractivity contribution in [1.29, 1.82) is 5.26 Å². The van der Waals surface area contributed by atoms with Crippen LogP contribution >= 0.6 is 11.3 Å². The lowest BCUT2D eigenvalue weighted by atomic mass is 10.2. The van der Waals surface area contributed by atoms with E-state index in [1.807, 2.05) is 25.2 Å². The number of fused-ring (bicyclic) bond motifs is 1. The molecule has 18 heavy (non-hydrogen) atoms. The van der Waals surface area contributed by atoms with Crippen LogP contribution in [0.1, 0.15) is 11.1 Å². The van der Waals surface area contributed by atoms with Crippen LogP contribution in [-0.2, 0) is 7.05 Å². The smallest absolute Gasteiger partial charge is 0.141 e. The van der Waals surface area contributed by atoms with Crippen molar-refractivity contribution in [2.24, 2.45) is 7.05 Å². The van der Waals surface area contributed by atoms with Crippen molar-refractivity contribution in [3.8, 4) is 17.5 Å². The normalized spacial score (nSPS) is 10.7. The van der Waals surface area contributed by atoms with Gasteiger partial charge < -0.3 is 4.57 Å². The highest BCUT2D eigenvalue weighted by Gasteiger charge is 2.12. The second-order valence-electron chi connectivity index (χ2n) is 4.28. The minimum absolute atomic E-state index is 0.647. The molecule has 0 spiro atoms. The number of hydrogen-bond acceptors (Lipinski definition) is 3. The zero-order valence-electron chi connectivity index (χ0n) is 10.1. The van der Waals surface area contributed by atoms with E-state index in [4.69, 9.17) is 5.26 Å². The molecule has 0 amide bonds. The van der Waals surface area contributed by atoms with Gasteiger partial charge in [0.25, 0.3) is 0 Å². The molecule has 0 fully saturated rings. The summed E-state index contributed by atoms with van der Waals surface area (Å²) in [6, 6.07) is 7.76. The number of aryl methyl sites for hydroxylation is 2. The molecule has 3 aromatic rings. The monoisotopic (exact) mass is 253 g/mol. The quantitative estimate of drug-likeness (QED) is 0.666. The van der Waals surface area contributed by atoms with Crippen LogP contribution in [0.25, 0.3) is 22.4 Å². The first-order valence-corrected chi connectivity index (χ1v) is 6.54. The average Bonchev–Trinajstić information content (AvgIpc) is 2.93. The molecule has 0 bridgehead atoms. The highest BCUT2D eigenvalue weighted by molar-refractivity contribution is 7.08. The van der Waals surface area contributed by atoms with Crippen LogP contribution in [0.5, 0.6) is 0 Å². The molecule has 0 aliphatic heterocycles. The van der Waals surface area contributed by atoms with Crippen LogP contribution in [0.2, 0.25) is 0 Å². The second-order valence-corrected chi connectivity index (χ2v) is 5.02. The van der Waals surface area contributed by atoms with E-state index >= 15 is 0 Å². The van der Waals surface area contributed by atoms with Gasteiger partial charge in [-0.25, -0.2) is 4.98 Å². The average molecular weight is 253 g/mol. The van der Waals surface area contributed by atoms with Crippen molar-refractivity contribution < 1.29 is 0 Å². The second kappa shape index (κ2) is 3.97. The molecular formula is C14H11N3S. The van der Waals surface area contributed by atoms with Gasteiger partial charge in [0.05, 0.1) is 22.7 Å². The predicted molar refractivity (Wildman–Crippen MR) is 73.5 cm³/mol. The summed E-state index contributed by atoms with van der Waals surface area (Å²) < 4.78 is 2.07. The van der Waals surface area contributed by atoms with E-state index in [1.165, 1.54) is 5.56 Å². The molecule has 2 heterocycles. The van der Waals surface area contributed by atoms with Gasteiger partial charge in [-0.3, -0.25) is 0 Å². The third-order valence-electron chi connectivity index (χ3n) is 3.11. The number of hydrogen-bond donors (Lipinski definition) is 0. The molecule has 0 aliphatic carbocycles. The first-order chi connectivity index (χ1) is 8.70. The molecule has 2 aromatic heterocycles. The van der Waals surface area contributed by atoms with Crippen molar-refractivity contribution in [3.05, 3.63) is 40.1 Å².